The molecule has 204 valence electrons. The molecule has 14 heteroatoms. The first kappa shape index (κ1) is 28.9. The van der Waals surface area contributed by atoms with Crippen LogP contribution >= 0.6 is 0 Å². The van der Waals surface area contributed by atoms with E-state index in [-0.39, 0.29) is 11.1 Å². The fraction of sp³-hybridized carbons (Fsp3) is 0.208. The summed E-state index contributed by atoms with van der Waals surface area (Å²) in [7, 11) is -4.82. The number of aliphatic hydroxyl groups excluding tert-OH is 1. The molecular weight excluding hydrogens is 547 g/mol. The van der Waals surface area contributed by atoms with Gasteiger partial charge in [0.15, 0.2) is 0 Å². The summed E-state index contributed by atoms with van der Waals surface area (Å²) in [5.74, 6) is -4.29. The molecule has 0 heterocycles. The predicted octanol–water partition coefficient (Wildman–Crippen LogP) is 5.38. The topological polar surface area (TPSA) is 92.7 Å². The lowest BCUT2D eigenvalue weighted by molar-refractivity contribution is -0.274. The molecule has 0 fully saturated rings. The molecule has 2 atom stereocenters. The van der Waals surface area contributed by atoms with Gasteiger partial charge in [0.25, 0.3) is 0 Å². The maximum absolute atomic E-state index is 14.3. The number of nitrogens with one attached hydrogen (secondary N) is 1. The number of ether oxygens (including phenoxy) is 1. The van der Waals surface area contributed by atoms with Gasteiger partial charge in [-0.25, -0.2) is 12.8 Å². The molecular formula is C24H18F7NO5S. The Morgan fingerprint density at radius 2 is 1.47 bits per heavy atom. The smallest absolute Gasteiger partial charge is 0.406 e. The highest BCUT2D eigenvalue weighted by Crippen LogP contribution is 2.36. The van der Waals surface area contributed by atoms with E-state index in [4.69, 9.17) is 0 Å². The minimum atomic E-state index is -5.17. The molecule has 3 aromatic carbocycles. The van der Waals surface area contributed by atoms with Gasteiger partial charge in [0.05, 0.1) is 10.9 Å². The number of amides is 1. The normalized spacial score (nSPS) is 14.0. The third-order valence-electron chi connectivity index (χ3n) is 5.29. The highest BCUT2D eigenvalue weighted by Gasteiger charge is 2.39. The third kappa shape index (κ3) is 6.61. The van der Waals surface area contributed by atoms with Gasteiger partial charge >= 0.3 is 18.4 Å². The summed E-state index contributed by atoms with van der Waals surface area (Å²) in [5, 5.41) is 12.7. The van der Waals surface area contributed by atoms with Crippen LogP contribution in [0.25, 0.3) is 0 Å². The molecule has 3 rings (SSSR count). The number of hydrogen-bond donors (Lipinski definition) is 2. The van der Waals surface area contributed by atoms with Crippen molar-refractivity contribution in [1.82, 2.24) is 5.32 Å². The summed E-state index contributed by atoms with van der Waals surface area (Å²) in [6.45, 7) is 1.27. The SMILES string of the molecule is CC(NC(=O)C(F)(F)F)c1ccc(C(O)c2ccc(OC(F)(F)F)cc2S(=O)(=O)c2ccccc2F)cc1. The largest absolute Gasteiger partial charge is 0.573 e. The molecule has 3 aromatic rings. The van der Waals surface area contributed by atoms with Crippen LogP contribution in [-0.4, -0.2) is 32.0 Å². The summed E-state index contributed by atoms with van der Waals surface area (Å²) >= 11 is 0. The van der Waals surface area contributed by atoms with E-state index in [2.05, 4.69) is 4.74 Å². The van der Waals surface area contributed by atoms with Crippen molar-refractivity contribution in [1.29, 1.82) is 0 Å². The van der Waals surface area contributed by atoms with E-state index in [0.29, 0.717) is 6.07 Å². The van der Waals surface area contributed by atoms with Gasteiger partial charge in [0.1, 0.15) is 22.6 Å². The number of benzene rings is 3. The maximum atomic E-state index is 14.3. The second kappa shape index (κ2) is 10.6. The maximum Gasteiger partial charge on any atom is 0.573 e. The number of hydrogen-bond acceptors (Lipinski definition) is 5. The Labute approximate surface area is 211 Å². The first-order valence-corrected chi connectivity index (χ1v) is 12.0. The Kier molecular flexibility index (Phi) is 8.07. The van der Waals surface area contributed by atoms with Gasteiger partial charge in [-0.2, -0.15) is 13.2 Å². The van der Waals surface area contributed by atoms with Gasteiger partial charge < -0.3 is 15.2 Å². The summed E-state index contributed by atoms with van der Waals surface area (Å²) in [6.07, 6.45) is -12.1. The van der Waals surface area contributed by atoms with E-state index >= 15 is 0 Å². The summed E-state index contributed by atoms with van der Waals surface area (Å²) in [5.41, 5.74) is -0.224. The standard InChI is InChI=1S/C24H18F7NO5S/c1-13(32-22(34)23(26,27)28)14-6-8-15(9-7-14)21(33)17-11-10-16(37-24(29,30)31)12-20(17)38(35,36)19-5-3-2-4-18(19)25/h2-13,21,33H,1H3,(H,32,34). The van der Waals surface area contributed by atoms with Crippen LogP contribution < -0.4 is 10.1 Å². The van der Waals surface area contributed by atoms with Gasteiger partial charge in [-0.3, -0.25) is 4.79 Å². The number of sulfone groups is 1. The lowest BCUT2D eigenvalue weighted by Gasteiger charge is -2.20. The second-order valence-electron chi connectivity index (χ2n) is 7.94. The molecule has 0 aromatic heterocycles. The van der Waals surface area contributed by atoms with Gasteiger partial charge in [0, 0.05) is 5.56 Å². The van der Waals surface area contributed by atoms with Crippen molar-refractivity contribution in [2.24, 2.45) is 0 Å². The minimum absolute atomic E-state index is 0.00225. The molecule has 38 heavy (non-hydrogen) atoms. The van der Waals surface area contributed by atoms with Crippen molar-refractivity contribution >= 4 is 15.7 Å². The zero-order chi connectivity index (χ0) is 28.5. The van der Waals surface area contributed by atoms with E-state index < -0.39 is 67.4 Å². The Bertz CT molecular complexity index is 1420. The molecule has 6 nitrogen and oxygen atoms in total. The third-order valence-corrected chi connectivity index (χ3v) is 7.13. The molecule has 0 radical (unpaired) electrons. The van der Waals surface area contributed by atoms with Crippen molar-refractivity contribution in [2.45, 2.75) is 41.4 Å². The fourth-order valence-corrected chi connectivity index (χ4v) is 5.04. The van der Waals surface area contributed by atoms with E-state index in [0.717, 1.165) is 24.3 Å². The minimum Gasteiger partial charge on any atom is -0.406 e. The predicted molar refractivity (Wildman–Crippen MR) is 118 cm³/mol. The Balaban J connectivity index is 2.02. The molecule has 0 saturated carbocycles. The van der Waals surface area contributed by atoms with Gasteiger partial charge in [-0.15, -0.1) is 13.2 Å². The molecule has 0 bridgehead atoms. The first-order valence-electron chi connectivity index (χ1n) is 10.6. The van der Waals surface area contributed by atoms with E-state index in [9.17, 15) is 49.1 Å². The molecule has 0 aliphatic rings. The van der Waals surface area contributed by atoms with Crippen LogP contribution in [0.4, 0.5) is 30.7 Å². The molecule has 0 aliphatic heterocycles. The quantitative estimate of drug-likeness (QED) is 0.376. The monoisotopic (exact) mass is 565 g/mol. The van der Waals surface area contributed by atoms with E-state index in [1.54, 1.807) is 5.32 Å². The Morgan fingerprint density at radius 1 is 0.895 bits per heavy atom. The van der Waals surface area contributed by atoms with Gasteiger partial charge in [-0.05, 0) is 42.3 Å². The van der Waals surface area contributed by atoms with Crippen molar-refractivity contribution in [3.05, 3.63) is 89.2 Å². The van der Waals surface area contributed by atoms with Crippen molar-refractivity contribution in [3.63, 3.8) is 0 Å². The summed E-state index contributed by atoms with van der Waals surface area (Å²) in [6, 6.07) is 10.1. The second-order valence-corrected chi connectivity index (χ2v) is 9.83. The number of carbonyl (C=O) groups is 1. The van der Waals surface area contributed by atoms with Crippen LogP contribution in [0.2, 0.25) is 0 Å². The Hall–Kier alpha value is -3.65. The van der Waals surface area contributed by atoms with Crippen LogP contribution in [0.15, 0.2) is 76.5 Å². The molecule has 2 unspecified atom stereocenters. The summed E-state index contributed by atoms with van der Waals surface area (Å²) < 4.78 is 120. The fourth-order valence-electron chi connectivity index (χ4n) is 3.46. The average Bonchev–Trinajstić information content (AvgIpc) is 2.82. The molecule has 0 saturated heterocycles. The van der Waals surface area contributed by atoms with Gasteiger partial charge in [-0.1, -0.05) is 42.5 Å². The van der Waals surface area contributed by atoms with Gasteiger partial charge in [0.2, 0.25) is 9.84 Å². The Morgan fingerprint density at radius 3 is 2.03 bits per heavy atom. The van der Waals surface area contributed by atoms with Crippen LogP contribution in [-0.2, 0) is 14.6 Å². The van der Waals surface area contributed by atoms with Crippen LogP contribution in [0.1, 0.15) is 35.8 Å². The number of rotatable bonds is 7. The molecule has 2 N–H and O–H groups in total. The van der Waals surface area contributed by atoms with E-state index in [1.807, 2.05) is 0 Å². The number of halogens is 7. The molecule has 0 aliphatic carbocycles. The zero-order valence-electron chi connectivity index (χ0n) is 19.1. The van der Waals surface area contributed by atoms with Crippen molar-refractivity contribution in [2.75, 3.05) is 0 Å². The number of alkyl halides is 6. The van der Waals surface area contributed by atoms with Crippen LogP contribution in [0.3, 0.4) is 0 Å². The average molecular weight is 565 g/mol. The molecule has 0 spiro atoms. The van der Waals surface area contributed by atoms with Crippen LogP contribution in [0.5, 0.6) is 5.75 Å². The lowest BCUT2D eigenvalue weighted by atomic mass is 9.98. The number of carbonyl (C=O) groups excluding carboxylic acids is 1. The van der Waals surface area contributed by atoms with Crippen LogP contribution in [0, 0.1) is 5.82 Å². The summed E-state index contributed by atoms with van der Waals surface area (Å²) in [4.78, 5) is 9.43. The van der Waals surface area contributed by atoms with Crippen molar-refractivity contribution < 1.29 is 53.8 Å². The highest BCUT2D eigenvalue weighted by atomic mass is 32.2. The highest BCUT2D eigenvalue weighted by molar-refractivity contribution is 7.91. The molecule has 1 amide bonds. The number of aliphatic hydroxyl groups is 1. The van der Waals surface area contributed by atoms with Crippen molar-refractivity contribution in [3.8, 4) is 5.75 Å². The van der Waals surface area contributed by atoms with E-state index in [1.165, 1.54) is 43.3 Å². The lowest BCUT2D eigenvalue weighted by Crippen LogP contribution is -2.38. The zero-order valence-corrected chi connectivity index (χ0v) is 20.0. The first-order chi connectivity index (χ1) is 17.5.